The fraction of sp³-hybridized carbons (Fsp3) is 0.0256. The fourth-order valence-electron chi connectivity index (χ4n) is 6.71. The molecule has 0 aromatic heterocycles. The lowest BCUT2D eigenvalue weighted by atomic mass is 9.67. The van der Waals surface area contributed by atoms with Crippen LogP contribution in [0.25, 0.3) is 33.4 Å². The van der Waals surface area contributed by atoms with Gasteiger partial charge in [-0.05, 0) is 79.9 Å². The number of carboxylic acid groups (broad SMARTS) is 2. The minimum atomic E-state index is -0.975. The quantitative estimate of drug-likeness (QED) is 0.214. The summed E-state index contributed by atoms with van der Waals surface area (Å²) in [7, 11) is 0. The zero-order valence-corrected chi connectivity index (χ0v) is 23.1. The van der Waals surface area contributed by atoms with E-state index in [1.807, 2.05) is 72.8 Å². The molecule has 0 heterocycles. The van der Waals surface area contributed by atoms with E-state index >= 15 is 0 Å². The van der Waals surface area contributed by atoms with E-state index in [9.17, 15) is 19.8 Å². The van der Waals surface area contributed by atoms with Crippen LogP contribution in [-0.2, 0) is 5.41 Å². The summed E-state index contributed by atoms with van der Waals surface area (Å²) >= 11 is 0. The highest BCUT2D eigenvalue weighted by atomic mass is 16.4. The summed E-state index contributed by atoms with van der Waals surface area (Å²) in [5.74, 6) is -1.95. The van der Waals surface area contributed by atoms with Gasteiger partial charge in [-0.25, -0.2) is 9.59 Å². The van der Waals surface area contributed by atoms with Gasteiger partial charge in [-0.2, -0.15) is 0 Å². The Morgan fingerprint density at radius 1 is 0.419 bits per heavy atom. The van der Waals surface area contributed by atoms with Crippen LogP contribution in [0, 0.1) is 0 Å². The summed E-state index contributed by atoms with van der Waals surface area (Å²) in [5, 5.41) is 19.9. The Morgan fingerprint density at radius 2 is 0.791 bits per heavy atom. The lowest BCUT2D eigenvalue weighted by molar-refractivity contribution is 0.0687. The molecular formula is C39H26O4. The lowest BCUT2D eigenvalue weighted by Crippen LogP contribution is -2.28. The van der Waals surface area contributed by atoms with Crippen LogP contribution in [0.3, 0.4) is 0 Å². The van der Waals surface area contributed by atoms with E-state index in [1.165, 1.54) is 0 Å². The average molecular weight is 559 g/mol. The van der Waals surface area contributed by atoms with Crippen LogP contribution in [0.15, 0.2) is 146 Å². The molecule has 43 heavy (non-hydrogen) atoms. The van der Waals surface area contributed by atoms with Crippen molar-refractivity contribution in [3.63, 3.8) is 0 Å². The van der Waals surface area contributed by atoms with Gasteiger partial charge in [0.25, 0.3) is 0 Å². The van der Waals surface area contributed by atoms with Gasteiger partial charge in [-0.1, -0.05) is 121 Å². The minimum Gasteiger partial charge on any atom is -0.478 e. The Hall–Kier alpha value is -5.74. The zero-order valence-electron chi connectivity index (χ0n) is 23.1. The molecule has 206 valence electrons. The van der Waals surface area contributed by atoms with Crippen molar-refractivity contribution < 1.29 is 19.8 Å². The van der Waals surface area contributed by atoms with E-state index in [2.05, 4.69) is 48.5 Å². The number of hydrogen-bond donors (Lipinski definition) is 2. The number of benzene rings is 6. The highest BCUT2D eigenvalue weighted by Crippen LogP contribution is 2.56. The largest absolute Gasteiger partial charge is 0.478 e. The first-order chi connectivity index (χ1) is 21.0. The van der Waals surface area contributed by atoms with Gasteiger partial charge in [0.2, 0.25) is 0 Å². The third kappa shape index (κ3) is 4.07. The fourth-order valence-corrected chi connectivity index (χ4v) is 6.71. The van der Waals surface area contributed by atoms with Gasteiger partial charge in [0.15, 0.2) is 0 Å². The molecule has 4 heteroatoms. The first-order valence-corrected chi connectivity index (χ1v) is 14.1. The second-order valence-electron chi connectivity index (χ2n) is 10.7. The van der Waals surface area contributed by atoms with Gasteiger partial charge < -0.3 is 10.2 Å². The molecule has 0 radical (unpaired) electrons. The maximum atomic E-state index is 12.2. The van der Waals surface area contributed by atoms with Crippen molar-refractivity contribution in [2.24, 2.45) is 0 Å². The third-order valence-electron chi connectivity index (χ3n) is 8.48. The smallest absolute Gasteiger partial charge is 0.336 e. The molecule has 6 aromatic carbocycles. The number of carboxylic acids is 2. The predicted molar refractivity (Wildman–Crippen MR) is 169 cm³/mol. The molecule has 0 unspecified atom stereocenters. The van der Waals surface area contributed by atoms with Gasteiger partial charge in [0, 0.05) is 0 Å². The number of hydrogen-bond acceptors (Lipinski definition) is 2. The molecule has 0 aliphatic heterocycles. The second kappa shape index (κ2) is 10.3. The first-order valence-electron chi connectivity index (χ1n) is 14.1. The van der Waals surface area contributed by atoms with Crippen molar-refractivity contribution in [3.05, 3.63) is 179 Å². The van der Waals surface area contributed by atoms with Gasteiger partial charge >= 0.3 is 11.9 Å². The lowest BCUT2D eigenvalue weighted by Gasteiger charge is -2.34. The SMILES string of the molecule is O=C(O)c1ccccc1-c1cccc(C2(c3cccc(-c4ccccc4C(=O)O)c3)c3ccccc3-c3ccccc32)c1. The van der Waals surface area contributed by atoms with Crippen molar-refractivity contribution in [2.75, 3.05) is 0 Å². The molecule has 0 saturated carbocycles. The van der Waals surface area contributed by atoms with E-state index in [-0.39, 0.29) is 11.1 Å². The van der Waals surface area contributed by atoms with Gasteiger partial charge in [0.1, 0.15) is 0 Å². The van der Waals surface area contributed by atoms with Gasteiger partial charge in [-0.3, -0.25) is 0 Å². The third-order valence-corrected chi connectivity index (χ3v) is 8.48. The maximum Gasteiger partial charge on any atom is 0.336 e. The van der Waals surface area contributed by atoms with Crippen LogP contribution in [-0.4, -0.2) is 22.2 Å². The molecule has 0 amide bonds. The molecule has 1 aliphatic carbocycles. The molecule has 0 spiro atoms. The van der Waals surface area contributed by atoms with Gasteiger partial charge in [-0.15, -0.1) is 0 Å². The summed E-state index contributed by atoms with van der Waals surface area (Å²) < 4.78 is 0. The molecule has 6 aromatic rings. The number of aromatic carboxylic acids is 2. The summed E-state index contributed by atoms with van der Waals surface area (Å²) in [6, 6.07) is 47.2. The van der Waals surface area contributed by atoms with Crippen LogP contribution in [0.5, 0.6) is 0 Å². The van der Waals surface area contributed by atoms with E-state index in [4.69, 9.17) is 0 Å². The average Bonchev–Trinajstić information content (AvgIpc) is 3.36. The van der Waals surface area contributed by atoms with E-state index in [0.29, 0.717) is 11.1 Å². The molecule has 0 saturated heterocycles. The van der Waals surface area contributed by atoms with Crippen LogP contribution >= 0.6 is 0 Å². The Labute approximate surface area is 249 Å². The molecule has 1 aliphatic rings. The van der Waals surface area contributed by atoms with Crippen molar-refractivity contribution in [1.29, 1.82) is 0 Å². The van der Waals surface area contributed by atoms with E-state index < -0.39 is 17.4 Å². The van der Waals surface area contributed by atoms with E-state index in [0.717, 1.165) is 44.5 Å². The first kappa shape index (κ1) is 26.2. The van der Waals surface area contributed by atoms with Gasteiger partial charge in [0.05, 0.1) is 16.5 Å². The topological polar surface area (TPSA) is 74.6 Å². The number of fused-ring (bicyclic) bond motifs is 3. The zero-order chi connectivity index (χ0) is 29.6. The summed E-state index contributed by atoms with van der Waals surface area (Å²) in [6.45, 7) is 0. The minimum absolute atomic E-state index is 0.244. The van der Waals surface area contributed by atoms with Crippen LogP contribution in [0.2, 0.25) is 0 Å². The molecule has 0 bridgehead atoms. The van der Waals surface area contributed by atoms with Crippen LogP contribution in [0.4, 0.5) is 0 Å². The normalized spacial score (nSPS) is 12.7. The van der Waals surface area contributed by atoms with E-state index in [1.54, 1.807) is 24.3 Å². The van der Waals surface area contributed by atoms with Crippen molar-refractivity contribution in [1.82, 2.24) is 0 Å². The highest BCUT2D eigenvalue weighted by Gasteiger charge is 2.46. The predicted octanol–water partition coefficient (Wildman–Crippen LogP) is 8.78. The van der Waals surface area contributed by atoms with Crippen molar-refractivity contribution in [2.45, 2.75) is 5.41 Å². The molecule has 0 fully saturated rings. The molecule has 2 N–H and O–H groups in total. The van der Waals surface area contributed by atoms with Crippen molar-refractivity contribution in [3.8, 4) is 33.4 Å². The second-order valence-corrected chi connectivity index (χ2v) is 10.7. The molecular weight excluding hydrogens is 532 g/mol. The Morgan fingerprint density at radius 3 is 1.21 bits per heavy atom. The molecule has 7 rings (SSSR count). The number of rotatable bonds is 6. The monoisotopic (exact) mass is 558 g/mol. The number of carbonyl (C=O) groups is 2. The standard InChI is InChI=1S/C39H26O4/c40-37(41)33-19-3-1-15-29(33)25-11-9-13-27(23-25)39(35-21-7-5-17-31(35)32-18-6-8-22-36(32)39)28-14-10-12-26(24-28)30-16-2-4-20-34(30)38(42)43/h1-24H,(H,40,41)(H,42,43). The molecule has 4 nitrogen and oxygen atoms in total. The Bertz CT molecular complexity index is 1910. The molecule has 0 atom stereocenters. The Balaban J connectivity index is 1.55. The Kier molecular flexibility index (Phi) is 6.25. The van der Waals surface area contributed by atoms with Crippen molar-refractivity contribution >= 4 is 11.9 Å². The van der Waals surface area contributed by atoms with Crippen LogP contribution in [0.1, 0.15) is 43.0 Å². The van der Waals surface area contributed by atoms with Crippen LogP contribution < -0.4 is 0 Å². The highest BCUT2D eigenvalue weighted by molar-refractivity contribution is 5.97. The summed E-state index contributed by atoms with van der Waals surface area (Å²) in [5.41, 5.74) is 9.14. The summed E-state index contributed by atoms with van der Waals surface area (Å²) in [4.78, 5) is 24.3. The maximum absolute atomic E-state index is 12.2. The summed E-state index contributed by atoms with van der Waals surface area (Å²) in [6.07, 6.45) is 0.